The Morgan fingerprint density at radius 3 is 2.31 bits per heavy atom. The van der Waals surface area contributed by atoms with E-state index in [-0.39, 0.29) is 5.91 Å². The molecule has 0 N–H and O–H groups in total. The maximum atomic E-state index is 13.0. The smallest absolute Gasteiger partial charge is 0.276 e. The van der Waals surface area contributed by atoms with Crippen molar-refractivity contribution in [2.45, 2.75) is 0 Å². The molecule has 0 atom stereocenters. The van der Waals surface area contributed by atoms with E-state index in [2.05, 4.69) is 4.98 Å². The molecule has 1 aromatic heterocycles. The molecule has 0 spiro atoms. The van der Waals surface area contributed by atoms with Crippen LogP contribution in [0.3, 0.4) is 0 Å². The molecule has 0 fully saturated rings. The molecule has 4 aromatic rings. The normalized spacial score (nSPS) is 10.7. The molecule has 4 rings (SSSR count). The average Bonchev–Trinajstić information content (AvgIpc) is 2.73. The Bertz CT molecular complexity index is 1070. The van der Waals surface area contributed by atoms with Gasteiger partial charge in [0.25, 0.3) is 5.91 Å². The molecule has 0 saturated heterocycles. The number of benzene rings is 3. The topological polar surface area (TPSA) is 33.2 Å². The number of nitrogens with zero attached hydrogens (tertiary/aromatic N) is 2. The Hall–Kier alpha value is -3.46. The number of anilines is 1. The highest BCUT2D eigenvalue weighted by Gasteiger charge is 2.18. The van der Waals surface area contributed by atoms with Crippen LogP contribution in [-0.2, 0) is 0 Å². The molecule has 0 aliphatic heterocycles. The van der Waals surface area contributed by atoms with Gasteiger partial charge < -0.3 is 4.90 Å². The number of fused-ring (bicyclic) bond motifs is 1. The summed E-state index contributed by atoms with van der Waals surface area (Å²) < 4.78 is 0. The fraction of sp³-hybridized carbons (Fsp3) is 0.0435. The van der Waals surface area contributed by atoms with Crippen molar-refractivity contribution in [1.82, 2.24) is 4.98 Å². The monoisotopic (exact) mass is 338 g/mol. The minimum atomic E-state index is -0.126. The molecule has 3 nitrogen and oxygen atoms in total. The first-order valence-corrected chi connectivity index (χ1v) is 8.52. The molecule has 0 aliphatic carbocycles. The zero-order valence-corrected chi connectivity index (χ0v) is 14.5. The van der Waals surface area contributed by atoms with Crippen LogP contribution in [0.25, 0.3) is 22.0 Å². The molecule has 0 unspecified atom stereocenters. The Balaban J connectivity index is 1.73. The van der Waals surface area contributed by atoms with Crippen LogP contribution in [0.15, 0.2) is 91.0 Å². The summed E-state index contributed by atoms with van der Waals surface area (Å²) in [6.45, 7) is 0. The summed E-state index contributed by atoms with van der Waals surface area (Å²) in [6.07, 6.45) is 0. The first kappa shape index (κ1) is 16.0. The van der Waals surface area contributed by atoms with Gasteiger partial charge in [0.15, 0.2) is 0 Å². The van der Waals surface area contributed by atoms with Gasteiger partial charge in [-0.05, 0) is 23.8 Å². The van der Waals surface area contributed by atoms with Crippen LogP contribution in [-0.4, -0.2) is 17.9 Å². The van der Waals surface area contributed by atoms with Crippen LogP contribution in [0.2, 0.25) is 0 Å². The maximum absolute atomic E-state index is 13.0. The molecule has 1 heterocycles. The van der Waals surface area contributed by atoms with Crippen LogP contribution in [0.1, 0.15) is 10.5 Å². The Morgan fingerprint density at radius 2 is 1.46 bits per heavy atom. The number of amides is 1. The number of rotatable bonds is 3. The van der Waals surface area contributed by atoms with Crippen molar-refractivity contribution >= 4 is 22.5 Å². The van der Waals surface area contributed by atoms with Gasteiger partial charge in [0.2, 0.25) is 0 Å². The first-order chi connectivity index (χ1) is 12.7. The molecule has 126 valence electrons. The number of hydrogen-bond donors (Lipinski definition) is 0. The van der Waals surface area contributed by atoms with E-state index in [1.807, 2.05) is 84.9 Å². The van der Waals surface area contributed by atoms with Gasteiger partial charge >= 0.3 is 0 Å². The summed E-state index contributed by atoms with van der Waals surface area (Å²) in [5, 5.41) is 1.02. The second kappa shape index (κ2) is 6.81. The fourth-order valence-corrected chi connectivity index (χ4v) is 3.09. The minimum absolute atomic E-state index is 0.126. The molecular weight excluding hydrogens is 320 g/mol. The van der Waals surface area contributed by atoms with Crippen molar-refractivity contribution in [3.05, 3.63) is 96.7 Å². The third-order valence-electron chi connectivity index (χ3n) is 4.47. The highest BCUT2D eigenvalue weighted by atomic mass is 16.2. The molecular formula is C23H18N2O. The largest absolute Gasteiger partial charge is 0.309 e. The van der Waals surface area contributed by atoms with E-state index in [9.17, 15) is 4.79 Å². The third kappa shape index (κ3) is 2.95. The zero-order valence-electron chi connectivity index (χ0n) is 14.5. The molecule has 3 heteroatoms. The summed E-state index contributed by atoms with van der Waals surface area (Å²) in [6, 6.07) is 29.5. The van der Waals surface area contributed by atoms with Gasteiger partial charge in [-0.25, -0.2) is 4.98 Å². The van der Waals surface area contributed by atoms with Crippen LogP contribution in [0, 0.1) is 0 Å². The third-order valence-corrected chi connectivity index (χ3v) is 4.47. The van der Waals surface area contributed by atoms with Gasteiger partial charge in [-0.15, -0.1) is 0 Å². The summed E-state index contributed by atoms with van der Waals surface area (Å²) in [4.78, 5) is 19.2. The average molecular weight is 338 g/mol. The van der Waals surface area contributed by atoms with Crippen LogP contribution in [0.4, 0.5) is 5.69 Å². The fourth-order valence-electron chi connectivity index (χ4n) is 3.09. The predicted octanol–water partition coefficient (Wildman–Crippen LogP) is 5.18. The standard InChI is InChI=1S/C23H18N2O/c1-25(22-14-8-6-12-19(22)17-9-3-2-4-10-17)23(26)21-16-15-18-11-5-7-13-20(18)24-21/h2-16H,1H3. The Kier molecular flexibility index (Phi) is 4.20. The second-order valence-electron chi connectivity index (χ2n) is 6.14. The van der Waals surface area contributed by atoms with Crippen molar-refractivity contribution in [1.29, 1.82) is 0 Å². The van der Waals surface area contributed by atoms with Crippen molar-refractivity contribution in [3.63, 3.8) is 0 Å². The lowest BCUT2D eigenvalue weighted by molar-refractivity contribution is 0.0988. The molecule has 0 bridgehead atoms. The second-order valence-corrected chi connectivity index (χ2v) is 6.14. The van der Waals surface area contributed by atoms with Gasteiger partial charge in [0, 0.05) is 18.0 Å². The number of pyridine rings is 1. The summed E-state index contributed by atoms with van der Waals surface area (Å²) in [7, 11) is 1.79. The van der Waals surface area contributed by atoms with E-state index in [0.29, 0.717) is 5.69 Å². The van der Waals surface area contributed by atoms with Crippen LogP contribution < -0.4 is 4.90 Å². The van der Waals surface area contributed by atoms with E-state index in [0.717, 1.165) is 27.7 Å². The number of hydrogen-bond acceptors (Lipinski definition) is 2. The van der Waals surface area contributed by atoms with E-state index < -0.39 is 0 Å². The highest BCUT2D eigenvalue weighted by molar-refractivity contribution is 6.07. The molecule has 0 saturated carbocycles. The lowest BCUT2D eigenvalue weighted by Crippen LogP contribution is -2.27. The van der Waals surface area contributed by atoms with Crippen LogP contribution in [0.5, 0.6) is 0 Å². The lowest BCUT2D eigenvalue weighted by Gasteiger charge is -2.20. The highest BCUT2D eigenvalue weighted by Crippen LogP contribution is 2.30. The predicted molar refractivity (Wildman–Crippen MR) is 106 cm³/mol. The van der Waals surface area contributed by atoms with E-state index in [4.69, 9.17) is 0 Å². The SMILES string of the molecule is CN(C(=O)c1ccc2ccccc2n1)c1ccccc1-c1ccccc1. The Morgan fingerprint density at radius 1 is 0.769 bits per heavy atom. The van der Waals surface area contributed by atoms with Gasteiger partial charge in [-0.1, -0.05) is 72.8 Å². The lowest BCUT2D eigenvalue weighted by atomic mass is 10.0. The Labute approximate surface area is 152 Å². The number of aromatic nitrogens is 1. The summed E-state index contributed by atoms with van der Waals surface area (Å²) in [5.41, 5.74) is 4.22. The van der Waals surface area contributed by atoms with Crippen molar-refractivity contribution in [2.24, 2.45) is 0 Å². The van der Waals surface area contributed by atoms with Gasteiger partial charge in [0.05, 0.1) is 11.2 Å². The van der Waals surface area contributed by atoms with Gasteiger partial charge in [-0.2, -0.15) is 0 Å². The van der Waals surface area contributed by atoms with E-state index in [1.54, 1.807) is 18.0 Å². The zero-order chi connectivity index (χ0) is 17.9. The maximum Gasteiger partial charge on any atom is 0.276 e. The number of carbonyl (C=O) groups excluding carboxylic acids is 1. The van der Waals surface area contributed by atoms with Gasteiger partial charge in [0.1, 0.15) is 5.69 Å². The van der Waals surface area contributed by atoms with Crippen molar-refractivity contribution < 1.29 is 4.79 Å². The molecule has 1 amide bonds. The van der Waals surface area contributed by atoms with E-state index >= 15 is 0 Å². The van der Waals surface area contributed by atoms with E-state index in [1.165, 1.54) is 0 Å². The van der Waals surface area contributed by atoms with Crippen molar-refractivity contribution in [2.75, 3.05) is 11.9 Å². The molecule has 0 radical (unpaired) electrons. The van der Waals surface area contributed by atoms with Crippen molar-refractivity contribution in [3.8, 4) is 11.1 Å². The quantitative estimate of drug-likeness (QED) is 0.516. The number of para-hydroxylation sites is 2. The number of carbonyl (C=O) groups is 1. The molecule has 3 aromatic carbocycles. The minimum Gasteiger partial charge on any atom is -0.309 e. The van der Waals surface area contributed by atoms with Crippen LogP contribution >= 0.6 is 0 Å². The summed E-state index contributed by atoms with van der Waals surface area (Å²) >= 11 is 0. The molecule has 26 heavy (non-hydrogen) atoms. The molecule has 0 aliphatic rings. The summed E-state index contributed by atoms with van der Waals surface area (Å²) in [5.74, 6) is -0.126. The first-order valence-electron chi connectivity index (χ1n) is 8.52. The van der Waals surface area contributed by atoms with Gasteiger partial charge in [-0.3, -0.25) is 4.79 Å².